The van der Waals surface area contributed by atoms with Gasteiger partial charge in [0.2, 0.25) is 5.91 Å². The fourth-order valence-electron chi connectivity index (χ4n) is 2.63. The van der Waals surface area contributed by atoms with Crippen molar-refractivity contribution in [2.75, 3.05) is 6.54 Å². The van der Waals surface area contributed by atoms with Crippen LogP contribution in [0, 0.1) is 11.6 Å². The quantitative estimate of drug-likeness (QED) is 0.806. The molecule has 0 saturated carbocycles. The lowest BCUT2D eigenvalue weighted by Gasteiger charge is -2.08. The van der Waals surface area contributed by atoms with Crippen molar-refractivity contribution in [1.82, 2.24) is 5.32 Å². The Labute approximate surface area is 150 Å². The smallest absolute Gasteiger partial charge is 0.244 e. The molecule has 3 rings (SSSR count). The third-order valence-corrected chi connectivity index (χ3v) is 3.91. The second-order valence-electron chi connectivity index (χ2n) is 6.00. The van der Waals surface area contributed by atoms with Gasteiger partial charge in [0.25, 0.3) is 0 Å². The minimum Gasteiger partial charge on any atom is -0.390 e. The lowest BCUT2D eigenvalue weighted by molar-refractivity contribution is -0.117. The Morgan fingerprint density at radius 2 is 2.08 bits per heavy atom. The molecule has 2 aromatic rings. The number of nitrogens with one attached hydrogen (secondary N) is 1. The first-order chi connectivity index (χ1) is 12.6. The monoisotopic (exact) mass is 356 g/mol. The van der Waals surface area contributed by atoms with Gasteiger partial charge in [0.1, 0.15) is 17.7 Å². The summed E-state index contributed by atoms with van der Waals surface area (Å²) < 4.78 is 26.7. The number of amides is 1. The average Bonchev–Trinajstić information content (AvgIpc) is 3.07. The summed E-state index contributed by atoms with van der Waals surface area (Å²) in [4.78, 5) is 17.1. The summed E-state index contributed by atoms with van der Waals surface area (Å²) in [7, 11) is 0. The summed E-state index contributed by atoms with van der Waals surface area (Å²) in [5.41, 5.74) is 1.97. The van der Waals surface area contributed by atoms with Gasteiger partial charge < -0.3 is 10.2 Å². The summed E-state index contributed by atoms with van der Waals surface area (Å²) in [6, 6.07) is 12.5. The highest BCUT2D eigenvalue weighted by molar-refractivity contribution is 5.92. The average molecular weight is 356 g/mol. The number of oxime groups is 1. The Morgan fingerprint density at radius 1 is 1.23 bits per heavy atom. The molecule has 1 amide bonds. The van der Waals surface area contributed by atoms with Gasteiger partial charge in [0.15, 0.2) is 0 Å². The van der Waals surface area contributed by atoms with E-state index in [1.54, 1.807) is 24.3 Å². The Kier molecular flexibility index (Phi) is 5.73. The molecule has 1 N–H and O–H groups in total. The molecule has 0 aromatic heterocycles. The van der Waals surface area contributed by atoms with Gasteiger partial charge in [0.05, 0.1) is 12.3 Å². The Bertz CT molecular complexity index is 849. The molecule has 1 aliphatic rings. The highest BCUT2D eigenvalue weighted by Crippen LogP contribution is 2.15. The number of halogens is 2. The maximum absolute atomic E-state index is 13.5. The number of rotatable bonds is 6. The number of hydrogen-bond donors (Lipinski definition) is 1. The van der Waals surface area contributed by atoms with E-state index in [0.29, 0.717) is 18.4 Å². The Morgan fingerprint density at radius 3 is 2.88 bits per heavy atom. The third-order valence-electron chi connectivity index (χ3n) is 3.91. The van der Waals surface area contributed by atoms with Crippen molar-refractivity contribution in [2.45, 2.75) is 18.9 Å². The lowest BCUT2D eigenvalue weighted by Crippen LogP contribution is -2.31. The summed E-state index contributed by atoms with van der Waals surface area (Å²) in [5, 5.41) is 6.70. The third kappa shape index (κ3) is 4.99. The molecule has 0 fully saturated rings. The van der Waals surface area contributed by atoms with E-state index < -0.39 is 0 Å². The molecule has 1 heterocycles. The highest BCUT2D eigenvalue weighted by atomic mass is 19.1. The van der Waals surface area contributed by atoms with E-state index in [9.17, 15) is 13.6 Å². The van der Waals surface area contributed by atoms with Crippen LogP contribution in [0.2, 0.25) is 0 Å². The van der Waals surface area contributed by atoms with Crippen LogP contribution in [0.4, 0.5) is 8.78 Å². The van der Waals surface area contributed by atoms with Crippen LogP contribution < -0.4 is 5.32 Å². The van der Waals surface area contributed by atoms with Gasteiger partial charge in [-0.2, -0.15) is 0 Å². The molecule has 2 aromatic carbocycles. The van der Waals surface area contributed by atoms with Gasteiger partial charge in [-0.25, -0.2) is 8.78 Å². The van der Waals surface area contributed by atoms with Crippen LogP contribution >= 0.6 is 0 Å². The number of hydrogen-bond acceptors (Lipinski definition) is 3. The fraction of sp³-hybridized carbons (Fsp3) is 0.200. The molecule has 0 radical (unpaired) electrons. The predicted octanol–water partition coefficient (Wildman–Crippen LogP) is 3.48. The van der Waals surface area contributed by atoms with Gasteiger partial charge in [-0.1, -0.05) is 35.5 Å². The Balaban J connectivity index is 1.43. The van der Waals surface area contributed by atoms with Crippen molar-refractivity contribution in [1.29, 1.82) is 0 Å². The Hall–Kier alpha value is -3.02. The zero-order valence-electron chi connectivity index (χ0n) is 14.0. The van der Waals surface area contributed by atoms with Gasteiger partial charge in [-0.05, 0) is 29.8 Å². The van der Waals surface area contributed by atoms with Gasteiger partial charge in [0, 0.05) is 24.5 Å². The summed E-state index contributed by atoms with van der Waals surface area (Å²) in [6.45, 7) is 0.288. The molecular weight excluding hydrogens is 338 g/mol. The van der Waals surface area contributed by atoms with Crippen molar-refractivity contribution >= 4 is 17.7 Å². The van der Waals surface area contributed by atoms with Crippen LogP contribution in [-0.2, 0) is 16.1 Å². The van der Waals surface area contributed by atoms with Crippen molar-refractivity contribution < 1.29 is 18.4 Å². The van der Waals surface area contributed by atoms with Crippen LogP contribution in [-0.4, -0.2) is 24.3 Å². The first-order valence-electron chi connectivity index (χ1n) is 8.26. The minimum absolute atomic E-state index is 0.260. The van der Waals surface area contributed by atoms with Crippen molar-refractivity contribution in [3.05, 3.63) is 77.4 Å². The molecule has 0 spiro atoms. The van der Waals surface area contributed by atoms with Crippen LogP contribution in [0.3, 0.4) is 0 Å². The van der Waals surface area contributed by atoms with E-state index in [2.05, 4.69) is 10.5 Å². The van der Waals surface area contributed by atoms with Crippen LogP contribution in [0.25, 0.3) is 6.08 Å². The van der Waals surface area contributed by atoms with Gasteiger partial charge in [-0.3, -0.25) is 4.79 Å². The molecule has 4 nitrogen and oxygen atoms in total. The second kappa shape index (κ2) is 8.38. The van der Waals surface area contributed by atoms with Crippen LogP contribution in [0.1, 0.15) is 17.5 Å². The number of carbonyl (C=O) groups is 1. The maximum Gasteiger partial charge on any atom is 0.244 e. The van der Waals surface area contributed by atoms with E-state index in [-0.39, 0.29) is 30.2 Å². The molecule has 0 saturated heterocycles. The van der Waals surface area contributed by atoms with E-state index in [0.717, 1.165) is 11.3 Å². The first kappa shape index (κ1) is 17.8. The summed E-state index contributed by atoms with van der Waals surface area (Å²) in [5.74, 6) is -1.01. The topological polar surface area (TPSA) is 50.7 Å². The molecule has 0 bridgehead atoms. The summed E-state index contributed by atoms with van der Waals surface area (Å²) in [6.07, 6.45) is 3.52. The van der Waals surface area contributed by atoms with E-state index in [1.807, 2.05) is 6.07 Å². The van der Waals surface area contributed by atoms with E-state index in [1.165, 1.54) is 30.4 Å². The first-order valence-corrected chi connectivity index (χ1v) is 8.26. The van der Waals surface area contributed by atoms with Gasteiger partial charge >= 0.3 is 0 Å². The largest absolute Gasteiger partial charge is 0.390 e. The van der Waals surface area contributed by atoms with E-state index in [4.69, 9.17) is 4.84 Å². The maximum atomic E-state index is 13.5. The highest BCUT2D eigenvalue weighted by Gasteiger charge is 2.21. The van der Waals surface area contributed by atoms with Crippen molar-refractivity contribution in [3.63, 3.8) is 0 Å². The SMILES string of the molecule is O=C(/C=C/c1ccccc1F)NCC1CC(Cc2cccc(F)c2)=NO1. The molecule has 6 heteroatoms. The van der Waals surface area contributed by atoms with E-state index >= 15 is 0 Å². The molecular formula is C20H18F2N2O2. The molecule has 26 heavy (non-hydrogen) atoms. The number of nitrogens with zero attached hydrogens (tertiary/aromatic N) is 1. The molecule has 0 aliphatic carbocycles. The van der Waals surface area contributed by atoms with Crippen molar-refractivity contribution in [3.8, 4) is 0 Å². The predicted molar refractivity (Wildman–Crippen MR) is 95.5 cm³/mol. The number of carbonyl (C=O) groups excluding carboxylic acids is 1. The standard InChI is InChI=1S/C20H18F2N2O2/c21-16-6-3-4-14(10-16)11-17-12-18(26-24-17)13-23-20(25)9-8-15-5-1-2-7-19(15)22/h1-10,18H,11-13H2,(H,23,25)/b9-8+. The van der Waals surface area contributed by atoms with Gasteiger partial charge in [-0.15, -0.1) is 0 Å². The van der Waals surface area contributed by atoms with Crippen LogP contribution in [0.5, 0.6) is 0 Å². The molecule has 1 unspecified atom stereocenters. The second-order valence-corrected chi connectivity index (χ2v) is 6.00. The fourth-order valence-corrected chi connectivity index (χ4v) is 2.63. The molecule has 1 aliphatic heterocycles. The lowest BCUT2D eigenvalue weighted by atomic mass is 10.0. The minimum atomic E-state index is -0.383. The number of benzene rings is 2. The summed E-state index contributed by atoms with van der Waals surface area (Å²) >= 11 is 0. The van der Waals surface area contributed by atoms with Crippen LogP contribution in [0.15, 0.2) is 59.8 Å². The van der Waals surface area contributed by atoms with Crippen molar-refractivity contribution in [2.24, 2.45) is 5.16 Å². The molecule has 1 atom stereocenters. The zero-order valence-corrected chi connectivity index (χ0v) is 14.0. The normalized spacial score (nSPS) is 16.4. The zero-order chi connectivity index (χ0) is 18.4. The molecule has 134 valence electrons.